The summed E-state index contributed by atoms with van der Waals surface area (Å²) in [5.74, 6) is 0.0916. The second kappa shape index (κ2) is 3.01. The lowest BCUT2D eigenvalue weighted by Gasteiger charge is -2.32. The summed E-state index contributed by atoms with van der Waals surface area (Å²) in [6.07, 6.45) is 1.87. The zero-order valence-corrected chi connectivity index (χ0v) is 6.39. The molecule has 0 heterocycles. The molecule has 58 valence electrons. The predicted molar refractivity (Wildman–Crippen MR) is 37.6 cm³/mol. The van der Waals surface area contributed by atoms with Crippen LogP contribution >= 0.6 is 0 Å². The van der Waals surface area contributed by atoms with Crippen molar-refractivity contribution in [1.82, 2.24) is 5.32 Å². The first-order valence-electron chi connectivity index (χ1n) is 3.53. The third-order valence-corrected chi connectivity index (χ3v) is 2.08. The molecule has 1 aliphatic carbocycles. The Kier molecular flexibility index (Phi) is 2.27. The van der Waals surface area contributed by atoms with E-state index in [2.05, 4.69) is 10.1 Å². The molecule has 1 N–H and O–H groups in total. The van der Waals surface area contributed by atoms with E-state index in [0.29, 0.717) is 6.04 Å². The summed E-state index contributed by atoms with van der Waals surface area (Å²) in [6.45, 7) is 0. The van der Waals surface area contributed by atoms with Crippen molar-refractivity contribution in [1.29, 1.82) is 0 Å². The van der Waals surface area contributed by atoms with Gasteiger partial charge in [0.1, 0.15) is 0 Å². The van der Waals surface area contributed by atoms with E-state index in [0.717, 1.165) is 12.8 Å². The maximum absolute atomic E-state index is 10.8. The molecule has 3 heteroatoms. The summed E-state index contributed by atoms with van der Waals surface area (Å²) < 4.78 is 4.58. The molecule has 0 spiro atoms. The average Bonchev–Trinajstić information content (AvgIpc) is 1.85. The molecule has 0 aromatic carbocycles. The third kappa shape index (κ3) is 1.29. The SMILES string of the molecule is CN[C@H]1C[C@H](C(=O)OC)C1. The maximum Gasteiger partial charge on any atom is 0.308 e. The van der Waals surface area contributed by atoms with Crippen LogP contribution in [0, 0.1) is 5.92 Å². The molecule has 1 saturated carbocycles. The third-order valence-electron chi connectivity index (χ3n) is 2.08. The Morgan fingerprint density at radius 1 is 1.60 bits per heavy atom. The first-order valence-corrected chi connectivity index (χ1v) is 3.53. The highest BCUT2D eigenvalue weighted by Crippen LogP contribution is 2.27. The Morgan fingerprint density at radius 2 is 2.20 bits per heavy atom. The van der Waals surface area contributed by atoms with Gasteiger partial charge < -0.3 is 10.1 Å². The Balaban J connectivity index is 2.19. The van der Waals surface area contributed by atoms with Crippen LogP contribution < -0.4 is 5.32 Å². The minimum absolute atomic E-state index is 0.0634. The quantitative estimate of drug-likeness (QED) is 0.559. The zero-order valence-electron chi connectivity index (χ0n) is 6.39. The lowest BCUT2D eigenvalue weighted by Crippen LogP contribution is -2.42. The summed E-state index contributed by atoms with van der Waals surface area (Å²) in [7, 11) is 3.35. The molecule has 1 fully saturated rings. The molecular weight excluding hydrogens is 130 g/mol. The van der Waals surface area contributed by atoms with Crippen LogP contribution in [-0.2, 0) is 9.53 Å². The lowest BCUT2D eigenvalue weighted by molar-refractivity contribution is -0.149. The Morgan fingerprint density at radius 3 is 2.60 bits per heavy atom. The highest BCUT2D eigenvalue weighted by atomic mass is 16.5. The van der Waals surface area contributed by atoms with Gasteiger partial charge in [-0.1, -0.05) is 0 Å². The highest BCUT2D eigenvalue weighted by Gasteiger charge is 2.33. The molecule has 0 amide bonds. The molecule has 1 aliphatic rings. The number of carbonyl (C=O) groups is 1. The summed E-state index contributed by atoms with van der Waals surface area (Å²) in [5.41, 5.74) is 0. The number of ether oxygens (including phenoxy) is 1. The van der Waals surface area contributed by atoms with Crippen molar-refractivity contribution in [2.45, 2.75) is 18.9 Å². The van der Waals surface area contributed by atoms with Gasteiger partial charge >= 0.3 is 5.97 Å². The summed E-state index contributed by atoms with van der Waals surface area (Å²) in [6, 6.07) is 0.532. The van der Waals surface area contributed by atoms with Gasteiger partial charge in [0, 0.05) is 6.04 Å². The van der Waals surface area contributed by atoms with E-state index >= 15 is 0 Å². The van der Waals surface area contributed by atoms with Gasteiger partial charge in [-0.25, -0.2) is 0 Å². The van der Waals surface area contributed by atoms with Gasteiger partial charge in [0.2, 0.25) is 0 Å². The Bertz CT molecular complexity index is 130. The fourth-order valence-corrected chi connectivity index (χ4v) is 1.21. The van der Waals surface area contributed by atoms with Gasteiger partial charge in [0.15, 0.2) is 0 Å². The van der Waals surface area contributed by atoms with Crippen molar-refractivity contribution in [3.05, 3.63) is 0 Å². The molecule has 0 radical (unpaired) electrons. The van der Waals surface area contributed by atoms with Crippen LogP contribution in [0.2, 0.25) is 0 Å². The van der Waals surface area contributed by atoms with E-state index < -0.39 is 0 Å². The van der Waals surface area contributed by atoms with Crippen molar-refractivity contribution in [2.24, 2.45) is 5.92 Å². The van der Waals surface area contributed by atoms with Crippen molar-refractivity contribution in [3.8, 4) is 0 Å². The van der Waals surface area contributed by atoms with Gasteiger partial charge in [0.25, 0.3) is 0 Å². The van der Waals surface area contributed by atoms with Gasteiger partial charge in [-0.2, -0.15) is 0 Å². The van der Waals surface area contributed by atoms with E-state index in [4.69, 9.17) is 0 Å². The number of hydrogen-bond donors (Lipinski definition) is 1. The average molecular weight is 143 g/mol. The van der Waals surface area contributed by atoms with Gasteiger partial charge in [-0.15, -0.1) is 0 Å². The smallest absolute Gasteiger partial charge is 0.308 e. The Labute approximate surface area is 60.7 Å². The Hall–Kier alpha value is -0.570. The topological polar surface area (TPSA) is 38.3 Å². The number of carbonyl (C=O) groups excluding carboxylic acids is 1. The minimum atomic E-state index is -0.0634. The fourth-order valence-electron chi connectivity index (χ4n) is 1.21. The number of methoxy groups -OCH3 is 1. The number of nitrogens with one attached hydrogen (secondary N) is 1. The van der Waals surface area contributed by atoms with E-state index in [-0.39, 0.29) is 11.9 Å². The lowest BCUT2D eigenvalue weighted by atomic mass is 9.80. The van der Waals surface area contributed by atoms with Crippen LogP contribution in [-0.4, -0.2) is 26.2 Å². The van der Waals surface area contributed by atoms with Crippen LogP contribution in [0.5, 0.6) is 0 Å². The highest BCUT2D eigenvalue weighted by molar-refractivity contribution is 5.73. The molecule has 0 aromatic heterocycles. The molecule has 0 aliphatic heterocycles. The van der Waals surface area contributed by atoms with Crippen LogP contribution in [0.1, 0.15) is 12.8 Å². The second-order valence-electron chi connectivity index (χ2n) is 2.68. The van der Waals surface area contributed by atoms with Crippen molar-refractivity contribution in [3.63, 3.8) is 0 Å². The second-order valence-corrected chi connectivity index (χ2v) is 2.68. The normalized spacial score (nSPS) is 31.0. The molecule has 3 nitrogen and oxygen atoms in total. The van der Waals surface area contributed by atoms with Gasteiger partial charge in [-0.05, 0) is 19.9 Å². The molecular formula is C7H13NO2. The summed E-state index contributed by atoms with van der Waals surface area (Å²) in [5, 5.41) is 3.10. The van der Waals surface area contributed by atoms with E-state index in [1.54, 1.807) is 0 Å². The van der Waals surface area contributed by atoms with Gasteiger partial charge in [0.05, 0.1) is 13.0 Å². The monoisotopic (exact) mass is 143 g/mol. The van der Waals surface area contributed by atoms with Crippen LogP contribution in [0.15, 0.2) is 0 Å². The first-order chi connectivity index (χ1) is 4.77. The molecule has 0 saturated heterocycles. The van der Waals surface area contributed by atoms with Crippen molar-refractivity contribution >= 4 is 5.97 Å². The predicted octanol–water partition coefficient (Wildman–Crippen LogP) is 0.157. The fraction of sp³-hybridized carbons (Fsp3) is 0.857. The van der Waals surface area contributed by atoms with Crippen LogP contribution in [0.25, 0.3) is 0 Å². The largest absolute Gasteiger partial charge is 0.469 e. The number of rotatable bonds is 2. The van der Waals surface area contributed by atoms with E-state index in [1.165, 1.54) is 7.11 Å². The van der Waals surface area contributed by atoms with Crippen molar-refractivity contribution < 1.29 is 9.53 Å². The maximum atomic E-state index is 10.8. The van der Waals surface area contributed by atoms with E-state index in [1.807, 2.05) is 7.05 Å². The standard InChI is InChI=1S/C7H13NO2/c1-8-6-3-5(4-6)7(9)10-2/h5-6,8H,3-4H2,1-2H3/t5-,6-. The zero-order chi connectivity index (χ0) is 7.56. The number of hydrogen-bond acceptors (Lipinski definition) is 3. The molecule has 0 bridgehead atoms. The van der Waals surface area contributed by atoms with Crippen LogP contribution in [0.4, 0.5) is 0 Å². The molecule has 0 aromatic rings. The molecule has 1 rings (SSSR count). The molecule has 0 atom stereocenters. The molecule has 0 unspecified atom stereocenters. The van der Waals surface area contributed by atoms with Gasteiger partial charge in [-0.3, -0.25) is 4.79 Å². The molecule has 10 heavy (non-hydrogen) atoms. The first kappa shape index (κ1) is 7.54. The minimum Gasteiger partial charge on any atom is -0.469 e. The van der Waals surface area contributed by atoms with Crippen LogP contribution in [0.3, 0.4) is 0 Å². The summed E-state index contributed by atoms with van der Waals surface area (Å²) >= 11 is 0. The number of esters is 1. The van der Waals surface area contributed by atoms with Crippen molar-refractivity contribution in [2.75, 3.05) is 14.2 Å². The van der Waals surface area contributed by atoms with E-state index in [9.17, 15) is 4.79 Å². The summed E-state index contributed by atoms with van der Waals surface area (Å²) in [4.78, 5) is 10.8.